The molecule has 0 heterocycles. The van der Waals surface area contributed by atoms with Crippen LogP contribution in [-0.2, 0) is 11.2 Å². The van der Waals surface area contributed by atoms with Crippen LogP contribution in [0, 0.1) is 11.3 Å². The monoisotopic (exact) mass is 324 g/mol. The van der Waals surface area contributed by atoms with E-state index < -0.39 is 0 Å². The van der Waals surface area contributed by atoms with Gasteiger partial charge in [0.15, 0.2) is 0 Å². The van der Waals surface area contributed by atoms with Crippen molar-refractivity contribution in [1.82, 2.24) is 0 Å². The van der Waals surface area contributed by atoms with Crippen molar-refractivity contribution in [1.29, 1.82) is 5.26 Å². The average Bonchev–Trinajstić information content (AvgIpc) is 2.57. The second kappa shape index (κ2) is 8.59. The smallest absolute Gasteiger partial charge is 0.217 e. The predicted molar refractivity (Wildman–Crippen MR) is 91.0 cm³/mol. The lowest BCUT2D eigenvalue weighted by Crippen LogP contribution is -2.10. The first-order valence-electron chi connectivity index (χ1n) is 7.84. The summed E-state index contributed by atoms with van der Waals surface area (Å²) in [7, 11) is 0. The van der Waals surface area contributed by atoms with Crippen molar-refractivity contribution in [3.8, 4) is 23.3 Å². The van der Waals surface area contributed by atoms with Crippen LogP contribution in [0.4, 0.5) is 0 Å². The Morgan fingerprint density at radius 3 is 2.50 bits per heavy atom. The molecule has 1 amide bonds. The summed E-state index contributed by atoms with van der Waals surface area (Å²) in [4.78, 5) is 10.7. The maximum absolute atomic E-state index is 10.7. The van der Waals surface area contributed by atoms with E-state index in [1.165, 1.54) is 0 Å². The van der Waals surface area contributed by atoms with Crippen LogP contribution in [-0.4, -0.2) is 12.5 Å². The van der Waals surface area contributed by atoms with Crippen LogP contribution in [0.1, 0.15) is 30.9 Å². The van der Waals surface area contributed by atoms with Crippen molar-refractivity contribution >= 4 is 5.91 Å². The zero-order valence-corrected chi connectivity index (χ0v) is 13.6. The van der Waals surface area contributed by atoms with Gasteiger partial charge in [0.05, 0.1) is 12.2 Å². The highest BCUT2D eigenvalue weighted by Gasteiger charge is 2.06. The third kappa shape index (κ3) is 5.03. The minimum Gasteiger partial charge on any atom is -0.492 e. The van der Waals surface area contributed by atoms with Crippen molar-refractivity contribution in [2.75, 3.05) is 6.61 Å². The highest BCUT2D eigenvalue weighted by atomic mass is 16.5. The van der Waals surface area contributed by atoms with E-state index in [1.807, 2.05) is 31.2 Å². The van der Waals surface area contributed by atoms with Gasteiger partial charge in [-0.15, -0.1) is 0 Å². The van der Waals surface area contributed by atoms with Gasteiger partial charge in [-0.3, -0.25) is 4.79 Å². The second-order valence-corrected chi connectivity index (χ2v) is 5.27. The Morgan fingerprint density at radius 1 is 1.17 bits per heavy atom. The Labute approximate surface area is 141 Å². The first kappa shape index (κ1) is 17.4. The van der Waals surface area contributed by atoms with Crippen molar-refractivity contribution in [2.45, 2.75) is 26.2 Å². The second-order valence-electron chi connectivity index (χ2n) is 5.27. The lowest BCUT2D eigenvalue weighted by molar-refractivity contribution is -0.118. The fourth-order valence-corrected chi connectivity index (χ4v) is 2.26. The first-order chi connectivity index (χ1) is 11.6. The highest BCUT2D eigenvalue weighted by Crippen LogP contribution is 2.28. The Kier molecular flexibility index (Phi) is 6.21. The molecule has 0 fully saturated rings. The van der Waals surface area contributed by atoms with Gasteiger partial charge < -0.3 is 15.2 Å². The summed E-state index contributed by atoms with van der Waals surface area (Å²) in [5, 5.41) is 9.06. The summed E-state index contributed by atoms with van der Waals surface area (Å²) in [6.07, 6.45) is 1.93. The van der Waals surface area contributed by atoms with E-state index >= 15 is 0 Å². The van der Waals surface area contributed by atoms with E-state index in [0.29, 0.717) is 35.8 Å². The van der Waals surface area contributed by atoms with Crippen LogP contribution in [0.3, 0.4) is 0 Å². The van der Waals surface area contributed by atoms with Gasteiger partial charge in [0.25, 0.3) is 0 Å². The molecular weight excluding hydrogens is 304 g/mol. The molecule has 2 aromatic rings. The van der Waals surface area contributed by atoms with E-state index in [0.717, 1.165) is 18.4 Å². The number of nitriles is 1. The summed E-state index contributed by atoms with van der Waals surface area (Å²) in [6, 6.07) is 14.9. The molecule has 0 spiro atoms. The Balaban J connectivity index is 2.02. The van der Waals surface area contributed by atoms with E-state index in [2.05, 4.69) is 6.07 Å². The predicted octanol–water partition coefficient (Wildman–Crippen LogP) is 3.56. The molecule has 0 unspecified atom stereocenters. The summed E-state index contributed by atoms with van der Waals surface area (Å²) < 4.78 is 11.2. The summed E-state index contributed by atoms with van der Waals surface area (Å²) in [5.74, 6) is 1.54. The fraction of sp³-hybridized carbons (Fsp3) is 0.263. The van der Waals surface area contributed by atoms with Gasteiger partial charge in [-0.1, -0.05) is 12.1 Å². The molecule has 2 rings (SSSR count). The number of nitrogens with two attached hydrogens (primary N) is 1. The summed E-state index contributed by atoms with van der Waals surface area (Å²) in [5.41, 5.74) is 6.74. The van der Waals surface area contributed by atoms with Crippen molar-refractivity contribution in [3.05, 3.63) is 53.6 Å². The topological polar surface area (TPSA) is 85.3 Å². The Bertz CT molecular complexity index is 733. The number of carbonyl (C=O) groups excluding carboxylic acids is 1. The molecule has 0 aliphatic rings. The lowest BCUT2D eigenvalue weighted by Gasteiger charge is -2.10. The largest absolute Gasteiger partial charge is 0.492 e. The number of carbonyl (C=O) groups is 1. The maximum Gasteiger partial charge on any atom is 0.217 e. The molecule has 24 heavy (non-hydrogen) atoms. The van der Waals surface area contributed by atoms with Gasteiger partial charge in [0.1, 0.15) is 23.3 Å². The first-order valence-corrected chi connectivity index (χ1v) is 7.84. The molecule has 2 aromatic carbocycles. The molecule has 0 saturated carbocycles. The van der Waals surface area contributed by atoms with E-state index in [1.54, 1.807) is 18.2 Å². The van der Waals surface area contributed by atoms with Crippen LogP contribution in [0.25, 0.3) is 0 Å². The van der Waals surface area contributed by atoms with Gasteiger partial charge in [0.2, 0.25) is 5.91 Å². The summed E-state index contributed by atoms with van der Waals surface area (Å²) in [6.45, 7) is 2.35. The average molecular weight is 324 g/mol. The SMILES string of the molecule is CCOc1cc(Oc2ccc(CCCC(N)=O)cc2)ccc1C#N. The fourth-order valence-electron chi connectivity index (χ4n) is 2.26. The molecule has 0 saturated heterocycles. The van der Waals surface area contributed by atoms with Gasteiger partial charge in [-0.2, -0.15) is 5.26 Å². The van der Waals surface area contributed by atoms with Crippen LogP contribution < -0.4 is 15.2 Å². The molecule has 0 aromatic heterocycles. The number of aryl methyl sites for hydroxylation is 1. The molecule has 0 aliphatic carbocycles. The van der Waals surface area contributed by atoms with Crippen molar-refractivity contribution < 1.29 is 14.3 Å². The molecule has 0 aliphatic heterocycles. The highest BCUT2D eigenvalue weighted by molar-refractivity contribution is 5.73. The minimum absolute atomic E-state index is 0.277. The van der Waals surface area contributed by atoms with E-state index in [9.17, 15) is 4.79 Å². The molecule has 2 N–H and O–H groups in total. The van der Waals surface area contributed by atoms with Gasteiger partial charge in [0, 0.05) is 12.5 Å². The molecular formula is C19H20N2O3. The number of nitrogens with zero attached hydrogens (tertiary/aromatic N) is 1. The van der Waals surface area contributed by atoms with Crippen molar-refractivity contribution in [2.24, 2.45) is 5.73 Å². The Hall–Kier alpha value is -3.00. The summed E-state index contributed by atoms with van der Waals surface area (Å²) >= 11 is 0. The maximum atomic E-state index is 10.7. The zero-order chi connectivity index (χ0) is 17.4. The van der Waals surface area contributed by atoms with Gasteiger partial charge in [-0.25, -0.2) is 0 Å². The number of hydrogen-bond acceptors (Lipinski definition) is 4. The molecule has 124 valence electrons. The van der Waals surface area contributed by atoms with Crippen LogP contribution in [0.15, 0.2) is 42.5 Å². The van der Waals surface area contributed by atoms with Gasteiger partial charge in [-0.05, 0) is 49.6 Å². The Morgan fingerprint density at radius 2 is 1.88 bits per heavy atom. The quantitative estimate of drug-likeness (QED) is 0.804. The molecule has 0 bridgehead atoms. The number of amides is 1. The number of benzene rings is 2. The van der Waals surface area contributed by atoms with Gasteiger partial charge >= 0.3 is 0 Å². The lowest BCUT2D eigenvalue weighted by atomic mass is 10.1. The third-order valence-corrected chi connectivity index (χ3v) is 3.42. The van der Waals surface area contributed by atoms with Crippen molar-refractivity contribution in [3.63, 3.8) is 0 Å². The third-order valence-electron chi connectivity index (χ3n) is 3.42. The molecule has 5 nitrogen and oxygen atoms in total. The molecule has 5 heteroatoms. The van der Waals surface area contributed by atoms with E-state index in [4.69, 9.17) is 20.5 Å². The minimum atomic E-state index is -0.277. The number of ether oxygens (including phenoxy) is 2. The zero-order valence-electron chi connectivity index (χ0n) is 13.6. The standard InChI is InChI=1S/C19H20N2O3/c1-2-23-18-12-17(11-8-15(18)13-20)24-16-9-6-14(7-10-16)4-3-5-19(21)22/h6-12H,2-5H2,1H3,(H2,21,22). The molecule has 0 radical (unpaired) electrons. The number of rotatable bonds is 8. The van der Waals surface area contributed by atoms with Crippen LogP contribution >= 0.6 is 0 Å². The van der Waals surface area contributed by atoms with Crippen LogP contribution in [0.5, 0.6) is 17.2 Å². The normalized spacial score (nSPS) is 10.0. The number of primary amides is 1. The van der Waals surface area contributed by atoms with Crippen LogP contribution in [0.2, 0.25) is 0 Å². The molecule has 0 atom stereocenters. The van der Waals surface area contributed by atoms with E-state index in [-0.39, 0.29) is 5.91 Å². The number of hydrogen-bond donors (Lipinski definition) is 1.